The smallest absolute Gasteiger partial charge is 0.215 e. The monoisotopic (exact) mass is 272 g/mol. The number of aryl methyl sites for hydroxylation is 1. The minimum atomic E-state index is 0.682. The van der Waals surface area contributed by atoms with E-state index in [9.17, 15) is 0 Å². The Bertz CT molecular complexity index is 426. The summed E-state index contributed by atoms with van der Waals surface area (Å²) in [7, 11) is 1.77. The van der Waals surface area contributed by atoms with E-state index in [2.05, 4.69) is 41.4 Å². The highest BCUT2D eigenvalue weighted by Crippen LogP contribution is 2.21. The fraction of sp³-hybridized carbons (Fsp3) is 0.167. The van der Waals surface area contributed by atoms with E-state index in [1.807, 2.05) is 0 Å². The molecule has 0 bridgehead atoms. The van der Waals surface area contributed by atoms with Gasteiger partial charge in [-0.3, -0.25) is 0 Å². The van der Waals surface area contributed by atoms with Crippen LogP contribution in [0.2, 0.25) is 0 Å². The third-order valence-corrected chi connectivity index (χ3v) is 2.73. The largest absolute Gasteiger partial charge is 0.245 e. The maximum absolute atomic E-state index is 4.14. The standard InChI is InChI=1S/C6H5BrN6S/c1-13-6(10-11-12-13)14-5-3-8-4(7)2-9-5/h2-3H,1H3. The Kier molecular flexibility index (Phi) is 2.73. The van der Waals surface area contributed by atoms with E-state index in [1.165, 1.54) is 11.8 Å². The zero-order valence-electron chi connectivity index (χ0n) is 7.12. The lowest BCUT2D eigenvalue weighted by Crippen LogP contribution is -1.93. The summed E-state index contributed by atoms with van der Waals surface area (Å²) in [5.41, 5.74) is 0. The molecule has 0 spiro atoms. The molecule has 14 heavy (non-hydrogen) atoms. The first-order valence-electron chi connectivity index (χ1n) is 3.63. The average Bonchev–Trinajstić information content (AvgIpc) is 2.56. The molecule has 2 aromatic rings. The van der Waals surface area contributed by atoms with Gasteiger partial charge < -0.3 is 0 Å². The van der Waals surface area contributed by atoms with Gasteiger partial charge in [0.25, 0.3) is 0 Å². The highest BCUT2D eigenvalue weighted by Gasteiger charge is 2.05. The molecule has 0 saturated carbocycles. The average molecular weight is 273 g/mol. The molecular weight excluding hydrogens is 268 g/mol. The predicted molar refractivity (Wildman–Crippen MR) is 52.7 cm³/mol. The third kappa shape index (κ3) is 2.07. The van der Waals surface area contributed by atoms with Gasteiger partial charge in [0.1, 0.15) is 9.63 Å². The lowest BCUT2D eigenvalue weighted by Gasteiger charge is -1.97. The van der Waals surface area contributed by atoms with Crippen molar-refractivity contribution in [1.29, 1.82) is 0 Å². The first kappa shape index (κ1) is 9.53. The Hall–Kier alpha value is -1.02. The van der Waals surface area contributed by atoms with Crippen LogP contribution in [0.1, 0.15) is 0 Å². The lowest BCUT2D eigenvalue weighted by molar-refractivity contribution is 0.664. The number of hydrogen-bond acceptors (Lipinski definition) is 6. The molecule has 2 heterocycles. The van der Waals surface area contributed by atoms with Gasteiger partial charge in [-0.1, -0.05) is 0 Å². The molecule has 0 fully saturated rings. The molecule has 0 radical (unpaired) electrons. The summed E-state index contributed by atoms with van der Waals surface area (Å²) in [6.07, 6.45) is 3.29. The molecule has 0 aliphatic heterocycles. The van der Waals surface area contributed by atoms with Gasteiger partial charge in [-0.2, -0.15) is 0 Å². The van der Waals surface area contributed by atoms with Crippen molar-refractivity contribution >= 4 is 27.7 Å². The number of aromatic nitrogens is 6. The van der Waals surface area contributed by atoms with Crippen molar-refractivity contribution in [2.75, 3.05) is 0 Å². The zero-order valence-corrected chi connectivity index (χ0v) is 9.53. The molecule has 72 valence electrons. The van der Waals surface area contributed by atoms with Crippen LogP contribution >= 0.6 is 27.7 Å². The maximum atomic E-state index is 4.14. The summed E-state index contributed by atoms with van der Waals surface area (Å²) in [6, 6.07) is 0. The number of halogens is 1. The fourth-order valence-corrected chi connectivity index (χ4v) is 1.60. The minimum Gasteiger partial charge on any atom is -0.245 e. The molecule has 0 aliphatic carbocycles. The summed E-state index contributed by atoms with van der Waals surface area (Å²) >= 11 is 4.57. The Balaban J connectivity index is 2.19. The zero-order chi connectivity index (χ0) is 9.97. The summed E-state index contributed by atoms with van der Waals surface area (Å²) < 4.78 is 2.28. The molecule has 2 rings (SSSR count). The van der Waals surface area contributed by atoms with Crippen LogP contribution in [0.25, 0.3) is 0 Å². The van der Waals surface area contributed by atoms with Crippen LogP contribution in [0.15, 0.2) is 27.2 Å². The normalized spacial score (nSPS) is 10.4. The molecule has 6 nitrogen and oxygen atoms in total. The van der Waals surface area contributed by atoms with Crippen LogP contribution in [0.4, 0.5) is 0 Å². The molecule has 8 heteroatoms. The van der Waals surface area contributed by atoms with Gasteiger partial charge in [-0.15, -0.1) is 5.10 Å². The van der Waals surface area contributed by atoms with Gasteiger partial charge in [0.2, 0.25) is 5.16 Å². The van der Waals surface area contributed by atoms with Gasteiger partial charge >= 0.3 is 0 Å². The minimum absolute atomic E-state index is 0.682. The quantitative estimate of drug-likeness (QED) is 0.810. The summed E-state index contributed by atoms with van der Waals surface area (Å²) in [4.78, 5) is 8.18. The number of hydrogen-bond donors (Lipinski definition) is 0. The molecule has 0 aromatic carbocycles. The Labute approximate surface area is 92.3 Å². The van der Waals surface area contributed by atoms with E-state index in [-0.39, 0.29) is 0 Å². The van der Waals surface area contributed by atoms with E-state index >= 15 is 0 Å². The summed E-state index contributed by atoms with van der Waals surface area (Å²) in [6.45, 7) is 0. The molecule has 0 saturated heterocycles. The van der Waals surface area contributed by atoms with Crippen molar-refractivity contribution in [3.63, 3.8) is 0 Å². The highest BCUT2D eigenvalue weighted by atomic mass is 79.9. The first-order valence-corrected chi connectivity index (χ1v) is 5.24. The van der Waals surface area contributed by atoms with Gasteiger partial charge in [0.15, 0.2) is 0 Å². The van der Waals surface area contributed by atoms with Crippen molar-refractivity contribution in [3.8, 4) is 0 Å². The van der Waals surface area contributed by atoms with Gasteiger partial charge in [-0.25, -0.2) is 14.6 Å². The van der Waals surface area contributed by atoms with Crippen molar-refractivity contribution in [3.05, 3.63) is 17.0 Å². The molecule has 0 atom stereocenters. The predicted octanol–water partition coefficient (Wildman–Crippen LogP) is 0.914. The highest BCUT2D eigenvalue weighted by molar-refractivity contribution is 9.10. The van der Waals surface area contributed by atoms with E-state index in [1.54, 1.807) is 24.1 Å². The van der Waals surface area contributed by atoms with Gasteiger partial charge in [0.05, 0.1) is 12.4 Å². The van der Waals surface area contributed by atoms with Crippen LogP contribution in [0.5, 0.6) is 0 Å². The second-order valence-corrected chi connectivity index (χ2v) is 4.16. The van der Waals surface area contributed by atoms with Crippen LogP contribution in [0.3, 0.4) is 0 Å². The van der Waals surface area contributed by atoms with Crippen LogP contribution in [-0.2, 0) is 7.05 Å². The van der Waals surface area contributed by atoms with Gasteiger partial charge in [-0.05, 0) is 38.1 Å². The van der Waals surface area contributed by atoms with Crippen LogP contribution in [-0.4, -0.2) is 30.2 Å². The number of rotatable bonds is 2. The SMILES string of the molecule is Cn1nnnc1Sc1cnc(Br)cn1. The number of nitrogens with zero attached hydrogens (tertiary/aromatic N) is 6. The Morgan fingerprint density at radius 1 is 1.36 bits per heavy atom. The van der Waals surface area contributed by atoms with Crippen molar-refractivity contribution in [1.82, 2.24) is 30.2 Å². The van der Waals surface area contributed by atoms with Crippen LogP contribution in [0, 0.1) is 0 Å². The molecule has 0 unspecified atom stereocenters. The van der Waals surface area contributed by atoms with E-state index < -0.39 is 0 Å². The Morgan fingerprint density at radius 2 is 2.21 bits per heavy atom. The second kappa shape index (κ2) is 4.01. The van der Waals surface area contributed by atoms with Gasteiger partial charge in [0, 0.05) is 7.05 Å². The second-order valence-electron chi connectivity index (χ2n) is 2.36. The summed E-state index contributed by atoms with van der Waals surface area (Å²) in [5.74, 6) is 0. The fourth-order valence-electron chi connectivity index (χ4n) is 0.754. The van der Waals surface area contributed by atoms with Crippen molar-refractivity contribution in [2.24, 2.45) is 7.05 Å². The molecule has 0 amide bonds. The van der Waals surface area contributed by atoms with Crippen LogP contribution < -0.4 is 0 Å². The molecule has 2 aromatic heterocycles. The molecular formula is C6H5BrN6S. The van der Waals surface area contributed by atoms with Crippen molar-refractivity contribution in [2.45, 2.75) is 10.2 Å². The van der Waals surface area contributed by atoms with E-state index in [4.69, 9.17) is 0 Å². The summed E-state index contributed by atoms with van der Waals surface area (Å²) in [5, 5.41) is 12.5. The Morgan fingerprint density at radius 3 is 2.79 bits per heavy atom. The topological polar surface area (TPSA) is 69.4 Å². The lowest BCUT2D eigenvalue weighted by atomic mass is 10.8. The third-order valence-electron chi connectivity index (χ3n) is 1.37. The molecule has 0 N–H and O–H groups in total. The molecule has 0 aliphatic rings. The van der Waals surface area contributed by atoms with Crippen molar-refractivity contribution < 1.29 is 0 Å². The van der Waals surface area contributed by atoms with E-state index in [0.717, 1.165) is 5.03 Å². The number of tetrazole rings is 1. The maximum Gasteiger partial charge on any atom is 0.215 e. The van der Waals surface area contributed by atoms with E-state index in [0.29, 0.717) is 9.76 Å². The first-order chi connectivity index (χ1) is 6.75.